The number of nitrogens with two attached hydrogens (primary N) is 1. The number of amides is 1. The molecule has 2 heterocycles. The highest BCUT2D eigenvalue weighted by atomic mass is 19.4. The summed E-state index contributed by atoms with van der Waals surface area (Å²) in [5.74, 6) is 0.887. The SMILES string of the molecule is CC(C)c1ccc2c(Nc3cc(C(=O)Nc4cccc(C(F)(F)F)c4)ccc3Oc3ccc(N)cc3)ncnc2n1. The van der Waals surface area contributed by atoms with Crippen molar-refractivity contribution in [2.24, 2.45) is 0 Å². The van der Waals surface area contributed by atoms with E-state index in [0.717, 1.165) is 17.8 Å². The van der Waals surface area contributed by atoms with Gasteiger partial charge in [-0.3, -0.25) is 4.79 Å². The second kappa shape index (κ2) is 11.1. The molecule has 0 fully saturated rings. The Labute approximate surface area is 233 Å². The van der Waals surface area contributed by atoms with Crippen LogP contribution in [0.4, 0.5) is 36.1 Å². The number of carbonyl (C=O) groups is 1. The molecule has 5 aromatic rings. The Morgan fingerprint density at radius 2 is 1.73 bits per heavy atom. The number of rotatable bonds is 7. The van der Waals surface area contributed by atoms with Gasteiger partial charge >= 0.3 is 6.18 Å². The Balaban J connectivity index is 1.50. The molecule has 0 saturated heterocycles. The third-order valence-corrected chi connectivity index (χ3v) is 6.16. The van der Waals surface area contributed by atoms with Gasteiger partial charge in [-0.2, -0.15) is 13.2 Å². The van der Waals surface area contributed by atoms with Crippen molar-refractivity contribution in [1.82, 2.24) is 15.0 Å². The first-order valence-corrected chi connectivity index (χ1v) is 12.6. The fourth-order valence-electron chi connectivity index (χ4n) is 4.00. The van der Waals surface area contributed by atoms with Crippen LogP contribution in [0.3, 0.4) is 0 Å². The van der Waals surface area contributed by atoms with E-state index in [1.165, 1.54) is 30.6 Å². The highest BCUT2D eigenvalue weighted by Gasteiger charge is 2.30. The molecule has 0 aliphatic heterocycles. The minimum atomic E-state index is -4.54. The molecule has 5 rings (SSSR count). The normalized spacial score (nSPS) is 11.5. The Bertz CT molecular complexity index is 1720. The van der Waals surface area contributed by atoms with Gasteiger partial charge in [0.1, 0.15) is 17.9 Å². The van der Waals surface area contributed by atoms with Gasteiger partial charge in [-0.25, -0.2) is 15.0 Å². The van der Waals surface area contributed by atoms with Crippen molar-refractivity contribution in [3.8, 4) is 11.5 Å². The molecule has 0 unspecified atom stereocenters. The number of ether oxygens (including phenoxy) is 1. The highest BCUT2D eigenvalue weighted by Crippen LogP contribution is 2.35. The summed E-state index contributed by atoms with van der Waals surface area (Å²) in [6, 6.07) is 19.6. The molecular weight excluding hydrogens is 533 g/mol. The number of nitrogen functional groups attached to an aromatic ring is 1. The number of aromatic nitrogens is 3. The number of anilines is 4. The van der Waals surface area contributed by atoms with E-state index in [-0.39, 0.29) is 17.2 Å². The van der Waals surface area contributed by atoms with E-state index in [9.17, 15) is 18.0 Å². The number of halogens is 3. The summed E-state index contributed by atoms with van der Waals surface area (Å²) in [5, 5.41) is 6.39. The number of pyridine rings is 1. The van der Waals surface area contributed by atoms with Gasteiger partial charge in [0.25, 0.3) is 5.91 Å². The van der Waals surface area contributed by atoms with E-state index in [0.29, 0.717) is 39.7 Å². The van der Waals surface area contributed by atoms with Crippen molar-refractivity contribution >= 4 is 39.8 Å². The number of nitrogens with one attached hydrogen (secondary N) is 2. The first-order chi connectivity index (χ1) is 19.6. The van der Waals surface area contributed by atoms with Crippen LogP contribution in [0, 0.1) is 0 Å². The largest absolute Gasteiger partial charge is 0.455 e. The Morgan fingerprint density at radius 3 is 2.46 bits per heavy atom. The summed E-state index contributed by atoms with van der Waals surface area (Å²) >= 11 is 0. The average Bonchev–Trinajstić information content (AvgIpc) is 2.94. The van der Waals surface area contributed by atoms with E-state index >= 15 is 0 Å². The number of hydrogen-bond donors (Lipinski definition) is 3. The molecule has 0 radical (unpaired) electrons. The van der Waals surface area contributed by atoms with Gasteiger partial charge in [-0.15, -0.1) is 0 Å². The van der Waals surface area contributed by atoms with Gasteiger partial charge in [0.15, 0.2) is 11.4 Å². The molecule has 41 heavy (non-hydrogen) atoms. The molecule has 0 bridgehead atoms. The number of hydrogen-bond acceptors (Lipinski definition) is 7. The fourth-order valence-corrected chi connectivity index (χ4v) is 4.00. The summed E-state index contributed by atoms with van der Waals surface area (Å²) in [6.07, 6.45) is -3.16. The molecule has 3 aromatic carbocycles. The second-order valence-corrected chi connectivity index (χ2v) is 9.52. The molecule has 1 amide bonds. The van der Waals surface area contributed by atoms with Gasteiger partial charge in [0.05, 0.1) is 16.6 Å². The van der Waals surface area contributed by atoms with Crippen LogP contribution in [0.15, 0.2) is 85.2 Å². The van der Waals surface area contributed by atoms with Crippen LogP contribution >= 0.6 is 0 Å². The zero-order valence-electron chi connectivity index (χ0n) is 22.0. The summed E-state index contributed by atoms with van der Waals surface area (Å²) in [5.41, 5.74) is 7.43. The molecule has 2 aromatic heterocycles. The maximum atomic E-state index is 13.1. The van der Waals surface area contributed by atoms with Crippen molar-refractivity contribution < 1.29 is 22.7 Å². The maximum Gasteiger partial charge on any atom is 0.416 e. The van der Waals surface area contributed by atoms with E-state index in [2.05, 4.69) is 25.6 Å². The zero-order chi connectivity index (χ0) is 29.1. The van der Waals surface area contributed by atoms with Crippen LogP contribution in [0.2, 0.25) is 0 Å². The van der Waals surface area contributed by atoms with Gasteiger partial charge < -0.3 is 21.1 Å². The summed E-state index contributed by atoms with van der Waals surface area (Å²) in [4.78, 5) is 26.4. The lowest BCUT2D eigenvalue weighted by Crippen LogP contribution is -2.13. The Hall–Kier alpha value is -5.19. The van der Waals surface area contributed by atoms with Crippen LogP contribution < -0.4 is 21.1 Å². The molecule has 11 heteroatoms. The van der Waals surface area contributed by atoms with Crippen LogP contribution in [-0.4, -0.2) is 20.9 Å². The third-order valence-electron chi connectivity index (χ3n) is 6.16. The van der Waals surface area contributed by atoms with Gasteiger partial charge in [0, 0.05) is 22.6 Å². The standard InChI is InChI=1S/C30H25F3N6O2/c1-17(2)24-12-11-23-27(38-24)35-16-36-28(23)39-25-14-18(6-13-26(25)41-22-9-7-20(34)8-10-22)29(40)37-21-5-3-4-19(15-21)30(31,32)33/h3-17H,34H2,1-2H3,(H,37,40)(H,35,36,38,39). The summed E-state index contributed by atoms with van der Waals surface area (Å²) in [7, 11) is 0. The van der Waals surface area contributed by atoms with Crippen molar-refractivity contribution in [3.63, 3.8) is 0 Å². The monoisotopic (exact) mass is 558 g/mol. The second-order valence-electron chi connectivity index (χ2n) is 9.52. The molecule has 208 valence electrons. The Morgan fingerprint density at radius 1 is 0.951 bits per heavy atom. The average molecular weight is 559 g/mol. The van der Waals surface area contributed by atoms with E-state index in [1.807, 2.05) is 26.0 Å². The number of carbonyl (C=O) groups excluding carboxylic acids is 1. The lowest BCUT2D eigenvalue weighted by molar-refractivity contribution is -0.137. The van der Waals surface area contributed by atoms with E-state index in [1.54, 1.807) is 30.3 Å². The maximum absolute atomic E-state index is 13.1. The zero-order valence-corrected chi connectivity index (χ0v) is 22.0. The molecule has 0 spiro atoms. The van der Waals surface area contributed by atoms with Gasteiger partial charge in [-0.05, 0) is 78.7 Å². The predicted octanol–water partition coefficient (Wildman–Crippen LogP) is 7.54. The fraction of sp³-hybridized carbons (Fsp3) is 0.133. The molecule has 0 aliphatic carbocycles. The lowest BCUT2D eigenvalue weighted by atomic mass is 10.1. The number of benzene rings is 3. The molecular formula is C30H25F3N6O2. The minimum Gasteiger partial charge on any atom is -0.455 e. The number of alkyl halides is 3. The third kappa shape index (κ3) is 6.35. The molecule has 8 nitrogen and oxygen atoms in total. The van der Waals surface area contributed by atoms with Gasteiger partial charge in [0.2, 0.25) is 0 Å². The first kappa shape index (κ1) is 27.4. The quantitative estimate of drug-likeness (QED) is 0.177. The van der Waals surface area contributed by atoms with Crippen LogP contribution in [-0.2, 0) is 6.18 Å². The first-order valence-electron chi connectivity index (χ1n) is 12.6. The highest BCUT2D eigenvalue weighted by molar-refractivity contribution is 6.05. The molecule has 4 N–H and O–H groups in total. The molecule has 0 saturated carbocycles. The predicted molar refractivity (Wildman–Crippen MR) is 151 cm³/mol. The summed E-state index contributed by atoms with van der Waals surface area (Å²) < 4.78 is 45.5. The van der Waals surface area contributed by atoms with Crippen molar-refractivity contribution in [1.29, 1.82) is 0 Å². The minimum absolute atomic E-state index is 0.00959. The summed E-state index contributed by atoms with van der Waals surface area (Å²) in [6.45, 7) is 4.07. The molecule has 0 aliphatic rings. The number of nitrogens with zero attached hydrogens (tertiary/aromatic N) is 3. The number of fused-ring (bicyclic) bond motifs is 1. The van der Waals surface area contributed by atoms with E-state index < -0.39 is 17.6 Å². The van der Waals surface area contributed by atoms with Gasteiger partial charge in [-0.1, -0.05) is 19.9 Å². The van der Waals surface area contributed by atoms with Crippen LogP contribution in [0.1, 0.15) is 41.4 Å². The van der Waals surface area contributed by atoms with Crippen molar-refractivity contribution in [2.75, 3.05) is 16.4 Å². The molecule has 0 atom stereocenters. The topological polar surface area (TPSA) is 115 Å². The van der Waals surface area contributed by atoms with Crippen LogP contribution in [0.25, 0.3) is 11.0 Å². The van der Waals surface area contributed by atoms with Crippen LogP contribution in [0.5, 0.6) is 11.5 Å². The van der Waals surface area contributed by atoms with Crippen molar-refractivity contribution in [3.05, 3.63) is 102 Å². The smallest absolute Gasteiger partial charge is 0.416 e. The van der Waals surface area contributed by atoms with E-state index in [4.69, 9.17) is 10.5 Å². The van der Waals surface area contributed by atoms with Crippen molar-refractivity contribution in [2.45, 2.75) is 25.9 Å². The Kier molecular flexibility index (Phi) is 7.43. The lowest BCUT2D eigenvalue weighted by Gasteiger charge is -2.16.